The van der Waals surface area contributed by atoms with Crippen molar-refractivity contribution in [3.8, 4) is 11.9 Å². The minimum atomic E-state index is -0.702. The van der Waals surface area contributed by atoms with Crippen molar-refractivity contribution < 1.29 is 14.6 Å². The van der Waals surface area contributed by atoms with E-state index in [1.165, 1.54) is 0 Å². The maximum atomic E-state index is 11.7. The summed E-state index contributed by atoms with van der Waals surface area (Å²) in [5.41, 5.74) is 5.77. The number of nitriles is 1. The zero-order chi connectivity index (χ0) is 22.2. The predicted molar refractivity (Wildman–Crippen MR) is 115 cm³/mol. The van der Waals surface area contributed by atoms with Crippen LogP contribution in [0.3, 0.4) is 0 Å². The number of nitrogens with zero attached hydrogens (tertiary/aromatic N) is 4. The Morgan fingerprint density at radius 3 is 3.00 bits per heavy atom. The van der Waals surface area contributed by atoms with Crippen LogP contribution in [-0.2, 0) is 17.9 Å². The fourth-order valence-electron chi connectivity index (χ4n) is 4.18. The lowest BCUT2D eigenvalue weighted by atomic mass is 9.95. The number of hydrogen-bond donors (Lipinski definition) is 2. The molecule has 1 fully saturated rings. The van der Waals surface area contributed by atoms with E-state index in [1.807, 2.05) is 19.2 Å². The molecule has 8 nitrogen and oxygen atoms in total. The number of hydrogen-bond acceptors (Lipinski definition) is 7. The third-order valence-corrected chi connectivity index (χ3v) is 6.16. The zero-order valence-electron chi connectivity index (χ0n) is 17.7. The number of carbonyl (C=O) groups is 1. The molecule has 1 atom stereocenters. The normalized spacial score (nSPS) is 15.8. The highest BCUT2D eigenvalue weighted by molar-refractivity contribution is 5.93. The van der Waals surface area contributed by atoms with E-state index in [0.717, 1.165) is 40.7 Å². The summed E-state index contributed by atoms with van der Waals surface area (Å²) < 4.78 is 6.80. The molecule has 1 aromatic carbocycles. The summed E-state index contributed by atoms with van der Waals surface area (Å²) in [7, 11) is 0. The number of rotatable bonds is 7. The van der Waals surface area contributed by atoms with E-state index in [4.69, 9.17) is 4.74 Å². The van der Waals surface area contributed by atoms with Crippen LogP contribution in [-0.4, -0.2) is 32.4 Å². The second kappa shape index (κ2) is 8.19. The van der Waals surface area contributed by atoms with Gasteiger partial charge >= 0.3 is 5.97 Å². The molecule has 0 spiro atoms. The number of cyclic esters (lactones) is 1. The Morgan fingerprint density at radius 1 is 1.38 bits per heavy atom. The molecule has 2 N–H and O–H groups in total. The van der Waals surface area contributed by atoms with Gasteiger partial charge in [0.2, 0.25) is 0 Å². The van der Waals surface area contributed by atoms with Gasteiger partial charge in [0, 0.05) is 36.6 Å². The number of esters is 1. The highest BCUT2D eigenvalue weighted by Crippen LogP contribution is 2.41. The molecule has 2 aliphatic rings. The molecular formula is C24H23N5O3. The molecule has 0 unspecified atom stereocenters. The molecule has 0 bridgehead atoms. The molecule has 0 amide bonds. The van der Waals surface area contributed by atoms with Crippen LogP contribution in [0.5, 0.6) is 0 Å². The maximum Gasteiger partial charge on any atom is 0.338 e. The van der Waals surface area contributed by atoms with Crippen molar-refractivity contribution >= 4 is 5.97 Å². The third kappa shape index (κ3) is 3.77. The van der Waals surface area contributed by atoms with Gasteiger partial charge < -0.3 is 15.2 Å². The summed E-state index contributed by atoms with van der Waals surface area (Å²) >= 11 is 0. The molecule has 32 heavy (non-hydrogen) atoms. The summed E-state index contributed by atoms with van der Waals surface area (Å²) in [4.78, 5) is 16.1. The zero-order valence-corrected chi connectivity index (χ0v) is 17.7. The fourth-order valence-corrected chi connectivity index (χ4v) is 4.18. The molecule has 5 rings (SSSR count). The lowest BCUT2D eigenvalue weighted by molar-refractivity contribution is 0.0535. The van der Waals surface area contributed by atoms with E-state index < -0.39 is 6.10 Å². The van der Waals surface area contributed by atoms with E-state index in [1.54, 1.807) is 29.2 Å². The summed E-state index contributed by atoms with van der Waals surface area (Å²) in [6.45, 7) is 3.07. The first-order chi connectivity index (χ1) is 15.5. The van der Waals surface area contributed by atoms with E-state index in [-0.39, 0.29) is 12.6 Å². The summed E-state index contributed by atoms with van der Waals surface area (Å²) in [5, 5.41) is 27.6. The summed E-state index contributed by atoms with van der Waals surface area (Å²) in [5.74, 6) is 0.847. The Labute approximate surface area is 185 Å². The van der Waals surface area contributed by atoms with Gasteiger partial charge in [0.25, 0.3) is 0 Å². The summed E-state index contributed by atoms with van der Waals surface area (Å²) in [6.07, 6.45) is 6.81. The van der Waals surface area contributed by atoms with Crippen molar-refractivity contribution in [2.24, 2.45) is 0 Å². The monoisotopic (exact) mass is 429 g/mol. The fraction of sp³-hybridized carbons (Fsp3) is 0.333. The predicted octanol–water partition coefficient (Wildman–Crippen LogP) is 2.82. The van der Waals surface area contributed by atoms with Crippen molar-refractivity contribution in [3.05, 3.63) is 75.7 Å². The van der Waals surface area contributed by atoms with Gasteiger partial charge in [-0.25, -0.2) is 14.5 Å². The van der Waals surface area contributed by atoms with Crippen LogP contribution in [0, 0.1) is 18.3 Å². The van der Waals surface area contributed by atoms with Crippen LogP contribution in [0.4, 0.5) is 0 Å². The van der Waals surface area contributed by atoms with Gasteiger partial charge in [-0.2, -0.15) is 10.4 Å². The van der Waals surface area contributed by atoms with Crippen molar-refractivity contribution in [3.63, 3.8) is 0 Å². The van der Waals surface area contributed by atoms with Crippen molar-refractivity contribution in [1.82, 2.24) is 20.1 Å². The average Bonchev–Trinajstić information content (AvgIpc) is 3.43. The van der Waals surface area contributed by atoms with Crippen LogP contribution in [0.25, 0.3) is 5.82 Å². The van der Waals surface area contributed by atoms with Crippen molar-refractivity contribution in [1.29, 1.82) is 5.26 Å². The molecule has 0 radical (unpaired) electrons. The number of aromatic nitrogens is 3. The van der Waals surface area contributed by atoms with Crippen LogP contribution < -0.4 is 5.32 Å². The Hall–Kier alpha value is -3.54. The second-order valence-electron chi connectivity index (χ2n) is 8.34. The molecule has 0 saturated heterocycles. The molecule has 3 aromatic rings. The van der Waals surface area contributed by atoms with Gasteiger partial charge in [0.1, 0.15) is 12.7 Å². The molecule has 1 aliphatic heterocycles. The van der Waals surface area contributed by atoms with Crippen LogP contribution in [0.1, 0.15) is 68.6 Å². The quantitative estimate of drug-likeness (QED) is 0.555. The second-order valence-corrected chi connectivity index (χ2v) is 8.34. The van der Waals surface area contributed by atoms with E-state index in [0.29, 0.717) is 36.0 Å². The van der Waals surface area contributed by atoms with Gasteiger partial charge in [0.05, 0.1) is 23.4 Å². The highest BCUT2D eigenvalue weighted by Gasteiger charge is 2.27. The standard InChI is InChI=1S/C24H23N5O3/c1-14-18(4-5-19-21(14)13-32-24(19)31)22(30)11-26-8-15-9-28-29(12-15)23-6-20(16-2-3-16)17(7-25)10-27-23/h4-6,9-10,12,16,22,26,30H,2-3,8,11,13H2,1H3/t22-/m0/s1. The lowest BCUT2D eigenvalue weighted by Crippen LogP contribution is -2.21. The maximum absolute atomic E-state index is 11.7. The number of fused-ring (bicyclic) bond motifs is 1. The smallest absolute Gasteiger partial charge is 0.338 e. The van der Waals surface area contributed by atoms with Crippen molar-refractivity contribution in [2.75, 3.05) is 6.54 Å². The molecule has 1 aliphatic carbocycles. The van der Waals surface area contributed by atoms with Crippen molar-refractivity contribution in [2.45, 2.75) is 44.9 Å². The number of ether oxygens (including phenoxy) is 1. The number of aliphatic hydroxyl groups is 1. The Kier molecular flexibility index (Phi) is 5.21. The van der Waals surface area contributed by atoms with Crippen LogP contribution >= 0.6 is 0 Å². The number of aliphatic hydroxyl groups excluding tert-OH is 1. The van der Waals surface area contributed by atoms with E-state index in [2.05, 4.69) is 21.5 Å². The molecular weight excluding hydrogens is 406 g/mol. The van der Waals surface area contributed by atoms with E-state index in [9.17, 15) is 15.2 Å². The van der Waals surface area contributed by atoms with Gasteiger partial charge in [-0.1, -0.05) is 6.07 Å². The number of nitrogens with one attached hydrogen (secondary N) is 1. The first-order valence-corrected chi connectivity index (χ1v) is 10.7. The van der Waals surface area contributed by atoms with Crippen LogP contribution in [0.15, 0.2) is 36.8 Å². The largest absolute Gasteiger partial charge is 0.457 e. The Morgan fingerprint density at radius 2 is 2.22 bits per heavy atom. The Bertz CT molecular complexity index is 1240. The third-order valence-electron chi connectivity index (χ3n) is 6.16. The molecule has 162 valence electrons. The van der Waals surface area contributed by atoms with Crippen LogP contribution in [0.2, 0.25) is 0 Å². The van der Waals surface area contributed by atoms with Gasteiger partial charge in [-0.3, -0.25) is 0 Å². The first kappa shape index (κ1) is 20.4. The number of carbonyl (C=O) groups excluding carboxylic acids is 1. The van der Waals surface area contributed by atoms with Gasteiger partial charge in [-0.15, -0.1) is 0 Å². The summed E-state index contributed by atoms with van der Waals surface area (Å²) in [6, 6.07) is 7.69. The van der Waals surface area contributed by atoms with Gasteiger partial charge in [-0.05, 0) is 54.5 Å². The highest BCUT2D eigenvalue weighted by atomic mass is 16.5. The first-order valence-electron chi connectivity index (χ1n) is 10.7. The Balaban J connectivity index is 1.22. The van der Waals surface area contributed by atoms with E-state index >= 15 is 0 Å². The molecule has 8 heteroatoms. The molecule has 1 saturated carbocycles. The average molecular weight is 429 g/mol. The minimum absolute atomic E-state index is 0.263. The number of pyridine rings is 1. The SMILES string of the molecule is Cc1c([C@@H](O)CNCc2cnn(-c3cc(C4CC4)c(C#N)cn3)c2)ccc2c1COC2=O. The molecule has 3 heterocycles. The molecule has 2 aromatic heterocycles. The van der Waals surface area contributed by atoms with Gasteiger partial charge in [0.15, 0.2) is 5.82 Å². The minimum Gasteiger partial charge on any atom is -0.457 e. The number of benzene rings is 1. The topological polar surface area (TPSA) is 113 Å². The lowest BCUT2D eigenvalue weighted by Gasteiger charge is -2.16.